The van der Waals surface area contributed by atoms with Gasteiger partial charge in [-0.15, -0.1) is 0 Å². The highest BCUT2D eigenvalue weighted by atomic mass is 15.2. The first-order chi connectivity index (χ1) is 10.3. The first-order valence-corrected chi connectivity index (χ1v) is 6.93. The van der Waals surface area contributed by atoms with Gasteiger partial charge in [-0.1, -0.05) is 6.92 Å². The highest BCUT2D eigenvalue weighted by molar-refractivity contribution is 5.83. The Morgan fingerprint density at radius 1 is 1.24 bits per heavy atom. The maximum absolute atomic E-state index is 4.50. The molecule has 0 aliphatic carbocycles. The number of imidazole rings is 2. The number of hydrogen-bond donors (Lipinski definition) is 3. The Bertz CT molecular complexity index is 729. The number of H-pyrrole nitrogens is 1. The fraction of sp³-hybridized carbons (Fsp3) is 0.385. The molecule has 3 N–H and O–H groups in total. The van der Waals surface area contributed by atoms with Crippen molar-refractivity contribution in [3.05, 3.63) is 24.5 Å². The van der Waals surface area contributed by atoms with Crippen LogP contribution in [0, 0.1) is 0 Å². The summed E-state index contributed by atoms with van der Waals surface area (Å²) < 4.78 is 1.97. The van der Waals surface area contributed by atoms with Crippen LogP contribution in [0.3, 0.4) is 0 Å². The summed E-state index contributed by atoms with van der Waals surface area (Å²) >= 11 is 0. The average Bonchev–Trinajstić information content (AvgIpc) is 3.11. The van der Waals surface area contributed by atoms with Gasteiger partial charge in [-0.25, -0.2) is 9.97 Å². The minimum Gasteiger partial charge on any atom is -0.361 e. The van der Waals surface area contributed by atoms with Gasteiger partial charge in [0.05, 0.1) is 12.9 Å². The third-order valence-electron chi connectivity index (χ3n) is 3.15. The summed E-state index contributed by atoms with van der Waals surface area (Å²) in [5.74, 6) is 2.24. The molecule has 3 aromatic heterocycles. The van der Waals surface area contributed by atoms with Crippen molar-refractivity contribution in [2.75, 3.05) is 17.2 Å². The van der Waals surface area contributed by atoms with Gasteiger partial charge < -0.3 is 20.2 Å². The molecule has 0 radical (unpaired) electrons. The van der Waals surface area contributed by atoms with Gasteiger partial charge in [0.25, 0.3) is 0 Å². The van der Waals surface area contributed by atoms with Gasteiger partial charge >= 0.3 is 0 Å². The molecule has 0 saturated heterocycles. The fourth-order valence-electron chi connectivity index (χ4n) is 2.01. The molecule has 0 bridgehead atoms. The second kappa shape index (κ2) is 5.78. The largest absolute Gasteiger partial charge is 0.361 e. The summed E-state index contributed by atoms with van der Waals surface area (Å²) in [6.45, 7) is 3.51. The molecule has 3 heterocycles. The van der Waals surface area contributed by atoms with Gasteiger partial charge in [-0.05, 0) is 6.42 Å². The van der Waals surface area contributed by atoms with Crippen LogP contribution in [-0.2, 0) is 13.6 Å². The van der Waals surface area contributed by atoms with Crippen LogP contribution < -0.4 is 10.6 Å². The standard InChI is InChI=1S/C13H18N8/c1-3-4-15-13-19-11(10-12(20-13)18-8-17-10)16-7-9-14-5-6-21(9)2/h5-6,8H,3-4,7H2,1-2H3,(H3,15,16,17,18,19,20). The second-order valence-corrected chi connectivity index (χ2v) is 4.73. The van der Waals surface area contributed by atoms with E-state index in [2.05, 4.69) is 42.5 Å². The van der Waals surface area contributed by atoms with Gasteiger partial charge in [-0.2, -0.15) is 9.97 Å². The third-order valence-corrected chi connectivity index (χ3v) is 3.15. The van der Waals surface area contributed by atoms with Gasteiger partial charge in [-0.3, -0.25) is 0 Å². The first kappa shape index (κ1) is 13.3. The van der Waals surface area contributed by atoms with Crippen molar-refractivity contribution in [3.8, 4) is 0 Å². The molecule has 0 atom stereocenters. The Balaban J connectivity index is 1.85. The number of hydrogen-bond acceptors (Lipinski definition) is 6. The summed E-state index contributed by atoms with van der Waals surface area (Å²) in [6.07, 6.45) is 6.32. The molecule has 0 aliphatic rings. The number of aromatic amines is 1. The molecular weight excluding hydrogens is 268 g/mol. The molecule has 110 valence electrons. The minimum atomic E-state index is 0.582. The van der Waals surface area contributed by atoms with E-state index < -0.39 is 0 Å². The van der Waals surface area contributed by atoms with Crippen molar-refractivity contribution >= 4 is 22.9 Å². The van der Waals surface area contributed by atoms with Gasteiger partial charge in [0.15, 0.2) is 11.5 Å². The first-order valence-electron chi connectivity index (χ1n) is 6.93. The number of fused-ring (bicyclic) bond motifs is 1. The van der Waals surface area contributed by atoms with Crippen LogP contribution in [0.25, 0.3) is 11.2 Å². The van der Waals surface area contributed by atoms with Crippen LogP contribution in [0.15, 0.2) is 18.7 Å². The number of anilines is 2. The van der Waals surface area contributed by atoms with Crippen molar-refractivity contribution in [3.63, 3.8) is 0 Å². The van der Waals surface area contributed by atoms with Crippen LogP contribution in [0.1, 0.15) is 19.2 Å². The van der Waals surface area contributed by atoms with Crippen LogP contribution in [-0.4, -0.2) is 36.0 Å². The van der Waals surface area contributed by atoms with E-state index in [-0.39, 0.29) is 0 Å². The molecule has 0 aromatic carbocycles. The topological polar surface area (TPSA) is 96.3 Å². The quantitative estimate of drug-likeness (QED) is 0.636. The number of rotatable bonds is 6. The van der Waals surface area contributed by atoms with Crippen molar-refractivity contribution in [1.29, 1.82) is 0 Å². The average molecular weight is 286 g/mol. The van der Waals surface area contributed by atoms with E-state index in [1.54, 1.807) is 12.5 Å². The Morgan fingerprint density at radius 2 is 2.14 bits per heavy atom. The molecule has 8 nitrogen and oxygen atoms in total. The summed E-state index contributed by atoms with van der Waals surface area (Å²) in [7, 11) is 1.96. The Kier molecular flexibility index (Phi) is 3.67. The smallest absolute Gasteiger partial charge is 0.226 e. The van der Waals surface area contributed by atoms with E-state index in [1.807, 2.05) is 17.8 Å². The Morgan fingerprint density at radius 3 is 2.90 bits per heavy atom. The fourth-order valence-corrected chi connectivity index (χ4v) is 2.01. The van der Waals surface area contributed by atoms with E-state index in [9.17, 15) is 0 Å². The molecule has 8 heteroatoms. The number of nitrogens with zero attached hydrogens (tertiary/aromatic N) is 5. The molecule has 3 aromatic rings. The van der Waals surface area contributed by atoms with E-state index in [4.69, 9.17) is 0 Å². The zero-order valence-corrected chi connectivity index (χ0v) is 12.1. The Labute approximate surface area is 122 Å². The maximum atomic E-state index is 4.50. The number of aromatic nitrogens is 6. The number of aryl methyl sites for hydroxylation is 1. The predicted octanol–water partition coefficient (Wildman–Crippen LogP) is 1.52. The predicted molar refractivity (Wildman–Crippen MR) is 81.0 cm³/mol. The summed E-state index contributed by atoms with van der Waals surface area (Å²) in [5, 5.41) is 6.47. The lowest BCUT2D eigenvalue weighted by atomic mass is 10.4. The second-order valence-electron chi connectivity index (χ2n) is 4.73. The van der Waals surface area contributed by atoms with Crippen LogP contribution in [0.4, 0.5) is 11.8 Å². The van der Waals surface area contributed by atoms with Crippen molar-refractivity contribution in [2.45, 2.75) is 19.9 Å². The van der Waals surface area contributed by atoms with E-state index >= 15 is 0 Å². The van der Waals surface area contributed by atoms with E-state index in [1.165, 1.54) is 0 Å². The summed E-state index contributed by atoms with van der Waals surface area (Å²) in [6, 6.07) is 0. The highest BCUT2D eigenvalue weighted by Gasteiger charge is 2.10. The molecular formula is C13H18N8. The molecule has 3 rings (SSSR count). The van der Waals surface area contributed by atoms with Crippen molar-refractivity contribution in [2.24, 2.45) is 7.05 Å². The minimum absolute atomic E-state index is 0.582. The molecule has 0 saturated carbocycles. The van der Waals surface area contributed by atoms with Gasteiger partial charge in [0.2, 0.25) is 5.95 Å². The monoisotopic (exact) mass is 286 g/mol. The molecule has 0 amide bonds. The third kappa shape index (κ3) is 2.78. The highest BCUT2D eigenvalue weighted by Crippen LogP contribution is 2.19. The van der Waals surface area contributed by atoms with Crippen LogP contribution >= 0.6 is 0 Å². The zero-order valence-electron chi connectivity index (χ0n) is 12.1. The lowest BCUT2D eigenvalue weighted by Gasteiger charge is -2.09. The molecule has 21 heavy (non-hydrogen) atoms. The maximum Gasteiger partial charge on any atom is 0.226 e. The normalized spacial score (nSPS) is 11.0. The van der Waals surface area contributed by atoms with Crippen LogP contribution in [0.2, 0.25) is 0 Å². The molecule has 0 fully saturated rings. The SMILES string of the molecule is CCCNc1nc(NCc2nccn2C)c2[nH]cnc2n1. The zero-order chi connectivity index (χ0) is 14.7. The molecule has 0 aliphatic heterocycles. The van der Waals surface area contributed by atoms with Gasteiger partial charge in [0.1, 0.15) is 11.3 Å². The lowest BCUT2D eigenvalue weighted by molar-refractivity contribution is 0.811. The number of nitrogens with one attached hydrogen (secondary N) is 3. The van der Waals surface area contributed by atoms with Crippen molar-refractivity contribution in [1.82, 2.24) is 29.5 Å². The van der Waals surface area contributed by atoms with Crippen LogP contribution in [0.5, 0.6) is 0 Å². The molecule has 0 spiro atoms. The van der Waals surface area contributed by atoms with E-state index in [0.29, 0.717) is 18.1 Å². The Hall–Kier alpha value is -2.64. The summed E-state index contributed by atoms with van der Waals surface area (Å²) in [4.78, 5) is 20.4. The summed E-state index contributed by atoms with van der Waals surface area (Å²) in [5.41, 5.74) is 1.44. The van der Waals surface area contributed by atoms with Gasteiger partial charge in [0, 0.05) is 26.0 Å². The van der Waals surface area contributed by atoms with E-state index in [0.717, 1.165) is 30.1 Å². The lowest BCUT2D eigenvalue weighted by Crippen LogP contribution is -2.10. The van der Waals surface area contributed by atoms with Crippen molar-refractivity contribution < 1.29 is 0 Å². The molecule has 0 unspecified atom stereocenters.